The van der Waals surface area contributed by atoms with E-state index in [9.17, 15) is 4.79 Å². The molecule has 6 heteroatoms. The van der Waals surface area contributed by atoms with Gasteiger partial charge in [-0.3, -0.25) is 4.79 Å². The summed E-state index contributed by atoms with van der Waals surface area (Å²) in [4.78, 5) is 16.7. The summed E-state index contributed by atoms with van der Waals surface area (Å²) < 4.78 is 5.54. The number of carbonyl (C=O) groups excluding carboxylic acids is 1. The molecule has 0 aliphatic carbocycles. The third-order valence-electron chi connectivity index (χ3n) is 4.74. The van der Waals surface area contributed by atoms with Crippen molar-refractivity contribution >= 4 is 17.6 Å². The van der Waals surface area contributed by atoms with Crippen molar-refractivity contribution in [2.24, 2.45) is 10.7 Å². The Kier molecular flexibility index (Phi) is 7.03. The minimum absolute atomic E-state index is 0.0937. The number of ether oxygens (including phenoxy) is 1. The van der Waals surface area contributed by atoms with Crippen LogP contribution in [-0.2, 0) is 17.7 Å². The third kappa shape index (κ3) is 5.82. The third-order valence-corrected chi connectivity index (χ3v) is 4.74. The second kappa shape index (κ2) is 9.90. The summed E-state index contributed by atoms with van der Waals surface area (Å²) in [6, 6.07) is 15.5. The van der Waals surface area contributed by atoms with Gasteiger partial charge in [0, 0.05) is 24.4 Å². The molecule has 0 radical (unpaired) electrons. The highest BCUT2D eigenvalue weighted by atomic mass is 16.5. The Balaban J connectivity index is 1.55. The summed E-state index contributed by atoms with van der Waals surface area (Å²) in [7, 11) is 0. The quantitative estimate of drug-likeness (QED) is 0.509. The normalized spacial score (nSPS) is 16.8. The van der Waals surface area contributed by atoms with Crippen LogP contribution in [0.4, 0.5) is 5.69 Å². The number of nitrogens with one attached hydrogen (secondary N) is 2. The van der Waals surface area contributed by atoms with E-state index in [0.29, 0.717) is 24.6 Å². The molecule has 148 valence electrons. The molecule has 1 unspecified atom stereocenters. The fourth-order valence-corrected chi connectivity index (χ4v) is 3.16. The molecule has 4 N–H and O–H groups in total. The molecule has 0 spiro atoms. The summed E-state index contributed by atoms with van der Waals surface area (Å²) in [5, 5.41) is 6.05. The largest absolute Gasteiger partial charge is 0.376 e. The van der Waals surface area contributed by atoms with Gasteiger partial charge in [-0.05, 0) is 54.7 Å². The van der Waals surface area contributed by atoms with Crippen molar-refractivity contribution in [1.82, 2.24) is 5.32 Å². The van der Waals surface area contributed by atoms with Crippen molar-refractivity contribution in [1.29, 1.82) is 0 Å². The summed E-state index contributed by atoms with van der Waals surface area (Å²) in [5.41, 5.74) is 9.71. The van der Waals surface area contributed by atoms with Crippen molar-refractivity contribution in [2.75, 3.05) is 18.5 Å². The van der Waals surface area contributed by atoms with Gasteiger partial charge in [0.15, 0.2) is 5.96 Å². The highest BCUT2D eigenvalue weighted by molar-refractivity contribution is 5.94. The first kappa shape index (κ1) is 19.9. The van der Waals surface area contributed by atoms with E-state index in [-0.39, 0.29) is 12.0 Å². The molecular weight excluding hydrogens is 352 g/mol. The van der Waals surface area contributed by atoms with Crippen molar-refractivity contribution in [3.8, 4) is 0 Å². The second-order valence-electron chi connectivity index (χ2n) is 6.93. The number of amides is 1. The Hall–Kier alpha value is -2.86. The maximum atomic E-state index is 12.4. The van der Waals surface area contributed by atoms with Crippen molar-refractivity contribution in [3.05, 3.63) is 65.2 Å². The van der Waals surface area contributed by atoms with Gasteiger partial charge in [-0.25, -0.2) is 4.99 Å². The second-order valence-corrected chi connectivity index (χ2v) is 6.93. The minimum Gasteiger partial charge on any atom is -0.376 e. The van der Waals surface area contributed by atoms with Crippen LogP contribution in [0.1, 0.15) is 41.3 Å². The molecule has 0 aromatic heterocycles. The molecule has 1 amide bonds. The lowest BCUT2D eigenvalue weighted by molar-refractivity contribution is 0.0857. The van der Waals surface area contributed by atoms with E-state index in [1.54, 1.807) is 6.07 Å². The van der Waals surface area contributed by atoms with Gasteiger partial charge < -0.3 is 21.1 Å². The lowest BCUT2D eigenvalue weighted by Crippen LogP contribution is -2.31. The van der Waals surface area contributed by atoms with E-state index < -0.39 is 0 Å². The van der Waals surface area contributed by atoms with E-state index in [2.05, 4.69) is 34.7 Å². The van der Waals surface area contributed by atoms with E-state index in [1.165, 1.54) is 5.56 Å². The average Bonchev–Trinajstić information content (AvgIpc) is 3.24. The summed E-state index contributed by atoms with van der Waals surface area (Å²) in [5.74, 6) is 0.255. The Morgan fingerprint density at radius 3 is 2.82 bits per heavy atom. The van der Waals surface area contributed by atoms with Gasteiger partial charge >= 0.3 is 0 Å². The van der Waals surface area contributed by atoms with E-state index in [0.717, 1.165) is 37.1 Å². The number of carbonyl (C=O) groups is 1. The average molecular weight is 380 g/mol. The van der Waals surface area contributed by atoms with E-state index in [1.807, 2.05) is 30.3 Å². The lowest BCUT2D eigenvalue weighted by atomic mass is 10.1. The summed E-state index contributed by atoms with van der Waals surface area (Å²) in [6.07, 6.45) is 3.16. The summed E-state index contributed by atoms with van der Waals surface area (Å²) >= 11 is 0. The highest BCUT2D eigenvalue weighted by Gasteiger charge is 2.16. The van der Waals surface area contributed by atoms with Crippen molar-refractivity contribution < 1.29 is 9.53 Å². The van der Waals surface area contributed by atoms with E-state index in [4.69, 9.17) is 10.5 Å². The van der Waals surface area contributed by atoms with Gasteiger partial charge in [0.1, 0.15) is 0 Å². The Bertz CT molecular complexity index is 829. The minimum atomic E-state index is -0.0937. The monoisotopic (exact) mass is 380 g/mol. The van der Waals surface area contributed by atoms with Crippen LogP contribution in [0.25, 0.3) is 0 Å². The molecule has 1 heterocycles. The molecule has 28 heavy (non-hydrogen) atoms. The fraction of sp³-hybridized carbons (Fsp3) is 0.364. The Morgan fingerprint density at radius 1 is 1.21 bits per heavy atom. The number of hydrogen-bond donors (Lipinski definition) is 3. The summed E-state index contributed by atoms with van der Waals surface area (Å²) in [6.45, 7) is 3.85. The topological polar surface area (TPSA) is 88.7 Å². The zero-order chi connectivity index (χ0) is 19.8. The van der Waals surface area contributed by atoms with Crippen LogP contribution in [0.5, 0.6) is 0 Å². The number of anilines is 1. The van der Waals surface area contributed by atoms with Crippen LogP contribution >= 0.6 is 0 Å². The van der Waals surface area contributed by atoms with Crippen LogP contribution in [0.3, 0.4) is 0 Å². The maximum absolute atomic E-state index is 12.4. The molecule has 2 aromatic carbocycles. The predicted octanol–water partition coefficient (Wildman–Crippen LogP) is 3.08. The number of rotatable bonds is 7. The molecule has 0 bridgehead atoms. The molecule has 1 atom stereocenters. The molecule has 1 saturated heterocycles. The first-order valence-electron chi connectivity index (χ1n) is 9.78. The molecular formula is C22H28N4O2. The molecule has 1 fully saturated rings. The number of benzene rings is 2. The number of aliphatic imine (C=N–C) groups is 1. The van der Waals surface area contributed by atoms with Gasteiger partial charge in [0.2, 0.25) is 0 Å². The van der Waals surface area contributed by atoms with Crippen LogP contribution < -0.4 is 16.4 Å². The number of nitrogens with two attached hydrogens (primary N) is 1. The van der Waals surface area contributed by atoms with Crippen LogP contribution in [0, 0.1) is 0 Å². The van der Waals surface area contributed by atoms with Crippen LogP contribution in [-0.4, -0.2) is 31.1 Å². The lowest BCUT2D eigenvalue weighted by Gasteiger charge is -2.11. The van der Waals surface area contributed by atoms with Gasteiger partial charge in [-0.15, -0.1) is 0 Å². The standard InChI is InChI=1S/C22H28N4O2/c1-2-16-6-4-9-19(13-16)26-22(23)25-14-17-7-3-8-18(12-17)21(27)24-15-20-10-5-11-28-20/h3-4,6-9,12-13,20H,2,5,10-11,14-15H2,1H3,(H,24,27)(H3,23,25,26). The van der Waals surface area contributed by atoms with Crippen LogP contribution in [0.15, 0.2) is 53.5 Å². The zero-order valence-electron chi connectivity index (χ0n) is 16.3. The van der Waals surface area contributed by atoms with Gasteiger partial charge in [0.25, 0.3) is 5.91 Å². The van der Waals surface area contributed by atoms with Crippen molar-refractivity contribution in [2.45, 2.75) is 38.8 Å². The first-order valence-corrected chi connectivity index (χ1v) is 9.78. The smallest absolute Gasteiger partial charge is 0.251 e. The maximum Gasteiger partial charge on any atom is 0.251 e. The fourth-order valence-electron chi connectivity index (χ4n) is 3.16. The Morgan fingerprint density at radius 2 is 2.04 bits per heavy atom. The number of hydrogen-bond acceptors (Lipinski definition) is 3. The van der Waals surface area contributed by atoms with Gasteiger partial charge in [-0.1, -0.05) is 31.2 Å². The molecule has 0 saturated carbocycles. The number of nitrogens with zero attached hydrogens (tertiary/aromatic N) is 1. The van der Waals surface area contributed by atoms with Gasteiger partial charge in [-0.2, -0.15) is 0 Å². The first-order chi connectivity index (χ1) is 13.6. The Labute approximate surface area is 166 Å². The molecule has 6 nitrogen and oxygen atoms in total. The molecule has 1 aliphatic heterocycles. The van der Waals surface area contributed by atoms with Gasteiger partial charge in [0.05, 0.1) is 12.6 Å². The predicted molar refractivity (Wildman–Crippen MR) is 113 cm³/mol. The number of aryl methyl sites for hydroxylation is 1. The SMILES string of the molecule is CCc1cccc(NC(N)=NCc2cccc(C(=O)NCC3CCCO3)c2)c1. The number of guanidine groups is 1. The molecule has 3 rings (SSSR count). The van der Waals surface area contributed by atoms with Crippen LogP contribution in [0.2, 0.25) is 0 Å². The van der Waals surface area contributed by atoms with E-state index >= 15 is 0 Å². The zero-order valence-corrected chi connectivity index (χ0v) is 16.3. The molecule has 1 aliphatic rings. The molecule has 2 aromatic rings. The van der Waals surface area contributed by atoms with Crippen molar-refractivity contribution in [3.63, 3.8) is 0 Å². The highest BCUT2D eigenvalue weighted by Crippen LogP contribution is 2.13.